The van der Waals surface area contributed by atoms with Crippen molar-refractivity contribution in [1.82, 2.24) is 15.5 Å². The number of nitrogens with zero attached hydrogens (tertiary/aromatic N) is 1. The Balaban J connectivity index is 1.81. The van der Waals surface area contributed by atoms with E-state index in [-0.39, 0.29) is 17.4 Å². The summed E-state index contributed by atoms with van der Waals surface area (Å²) in [7, 11) is 0. The highest BCUT2D eigenvalue weighted by Gasteiger charge is 2.37. The van der Waals surface area contributed by atoms with E-state index in [1.807, 2.05) is 0 Å². The molecule has 0 bridgehead atoms. The average molecular weight is 283 g/mol. The third-order valence-corrected chi connectivity index (χ3v) is 4.88. The molecule has 20 heavy (non-hydrogen) atoms. The molecule has 0 aromatic carbocycles. The van der Waals surface area contributed by atoms with Crippen LogP contribution in [0.2, 0.25) is 0 Å². The van der Waals surface area contributed by atoms with Gasteiger partial charge in [0.1, 0.15) is 0 Å². The molecule has 5 nitrogen and oxygen atoms in total. The van der Waals surface area contributed by atoms with Gasteiger partial charge in [-0.05, 0) is 38.9 Å². The summed E-state index contributed by atoms with van der Waals surface area (Å²) in [5.74, 6) is 0.221. The first-order valence-electron chi connectivity index (χ1n) is 8.03. The van der Waals surface area contributed by atoms with Gasteiger partial charge in [-0.3, -0.25) is 9.69 Å². The van der Waals surface area contributed by atoms with Crippen molar-refractivity contribution in [2.24, 2.45) is 5.41 Å². The van der Waals surface area contributed by atoms with Crippen molar-refractivity contribution in [1.29, 1.82) is 0 Å². The maximum absolute atomic E-state index is 12.5. The lowest BCUT2D eigenvalue weighted by molar-refractivity contribution is -0.134. The standard InChI is InChI=1S/C15H29N3O2/c1-3-15(5-7-16-8-6-15)14(19)17-11-13-12-18(4-2)9-10-20-13/h13,16H,3-12H2,1-2H3,(H,17,19). The fraction of sp³-hybridized carbons (Fsp3) is 0.933. The molecule has 2 fully saturated rings. The molecular formula is C15H29N3O2. The average Bonchev–Trinajstić information content (AvgIpc) is 2.53. The molecule has 2 saturated heterocycles. The number of rotatable bonds is 5. The molecule has 0 aliphatic carbocycles. The number of carbonyl (C=O) groups is 1. The Labute approximate surface area is 122 Å². The van der Waals surface area contributed by atoms with Crippen molar-refractivity contribution in [3.63, 3.8) is 0 Å². The van der Waals surface area contributed by atoms with Crippen LogP contribution in [0, 0.1) is 5.41 Å². The summed E-state index contributed by atoms with van der Waals surface area (Å²) in [6.45, 7) is 10.6. The van der Waals surface area contributed by atoms with E-state index in [0.29, 0.717) is 6.54 Å². The number of hydrogen-bond acceptors (Lipinski definition) is 4. The quantitative estimate of drug-likeness (QED) is 0.776. The van der Waals surface area contributed by atoms with Gasteiger partial charge in [-0.15, -0.1) is 0 Å². The second kappa shape index (κ2) is 7.38. The molecule has 0 aromatic heterocycles. The molecule has 2 rings (SSSR count). The number of likely N-dealkylation sites (N-methyl/N-ethyl adjacent to an activating group) is 1. The lowest BCUT2D eigenvalue weighted by atomic mass is 9.76. The lowest BCUT2D eigenvalue weighted by Gasteiger charge is -2.37. The molecule has 2 aliphatic heterocycles. The monoisotopic (exact) mass is 283 g/mol. The zero-order valence-electron chi connectivity index (χ0n) is 12.9. The van der Waals surface area contributed by atoms with Crippen molar-refractivity contribution >= 4 is 5.91 Å². The largest absolute Gasteiger partial charge is 0.374 e. The minimum Gasteiger partial charge on any atom is -0.374 e. The van der Waals surface area contributed by atoms with Gasteiger partial charge in [0.05, 0.1) is 18.1 Å². The van der Waals surface area contributed by atoms with Crippen LogP contribution in [0.3, 0.4) is 0 Å². The second-order valence-electron chi connectivity index (χ2n) is 5.98. The fourth-order valence-electron chi connectivity index (χ4n) is 3.23. The first-order chi connectivity index (χ1) is 9.70. The summed E-state index contributed by atoms with van der Waals surface area (Å²) in [6.07, 6.45) is 2.96. The maximum atomic E-state index is 12.5. The molecule has 0 aromatic rings. The van der Waals surface area contributed by atoms with Crippen LogP contribution in [-0.2, 0) is 9.53 Å². The molecule has 0 spiro atoms. The lowest BCUT2D eigenvalue weighted by Crippen LogP contribution is -2.52. The van der Waals surface area contributed by atoms with Crippen LogP contribution >= 0.6 is 0 Å². The van der Waals surface area contributed by atoms with E-state index in [4.69, 9.17) is 4.74 Å². The molecule has 2 aliphatic rings. The Morgan fingerprint density at radius 2 is 2.15 bits per heavy atom. The smallest absolute Gasteiger partial charge is 0.226 e. The zero-order chi connectivity index (χ0) is 14.4. The van der Waals surface area contributed by atoms with Crippen LogP contribution in [0.25, 0.3) is 0 Å². The second-order valence-corrected chi connectivity index (χ2v) is 5.98. The van der Waals surface area contributed by atoms with Gasteiger partial charge in [-0.1, -0.05) is 13.8 Å². The Hall–Kier alpha value is -0.650. The van der Waals surface area contributed by atoms with Crippen LogP contribution in [0.15, 0.2) is 0 Å². The van der Waals surface area contributed by atoms with Crippen molar-refractivity contribution in [2.45, 2.75) is 39.2 Å². The van der Waals surface area contributed by atoms with Crippen molar-refractivity contribution in [3.05, 3.63) is 0 Å². The minimum absolute atomic E-state index is 0.142. The van der Waals surface area contributed by atoms with Crippen molar-refractivity contribution in [2.75, 3.05) is 45.9 Å². The van der Waals surface area contributed by atoms with Crippen LogP contribution in [0.1, 0.15) is 33.1 Å². The summed E-state index contributed by atoms with van der Waals surface area (Å²) in [5.41, 5.74) is -0.162. The van der Waals surface area contributed by atoms with E-state index in [1.165, 1.54) is 0 Å². The number of nitrogens with one attached hydrogen (secondary N) is 2. The Morgan fingerprint density at radius 1 is 1.40 bits per heavy atom. The molecule has 1 amide bonds. The van der Waals surface area contributed by atoms with Gasteiger partial charge in [0.2, 0.25) is 5.91 Å². The topological polar surface area (TPSA) is 53.6 Å². The number of ether oxygens (including phenoxy) is 1. The molecule has 2 heterocycles. The number of morpholine rings is 1. The number of piperidine rings is 1. The van der Waals surface area contributed by atoms with Crippen LogP contribution in [0.4, 0.5) is 0 Å². The first-order valence-corrected chi connectivity index (χ1v) is 8.03. The van der Waals surface area contributed by atoms with Crippen LogP contribution < -0.4 is 10.6 Å². The molecule has 1 unspecified atom stereocenters. The summed E-state index contributed by atoms with van der Waals surface area (Å²) in [5, 5.41) is 6.48. The van der Waals surface area contributed by atoms with E-state index in [1.54, 1.807) is 0 Å². The van der Waals surface area contributed by atoms with E-state index in [2.05, 4.69) is 29.4 Å². The number of carbonyl (C=O) groups excluding carboxylic acids is 1. The maximum Gasteiger partial charge on any atom is 0.226 e. The highest BCUT2D eigenvalue weighted by molar-refractivity contribution is 5.82. The van der Waals surface area contributed by atoms with Crippen molar-refractivity contribution in [3.8, 4) is 0 Å². The third-order valence-electron chi connectivity index (χ3n) is 4.88. The first kappa shape index (κ1) is 15.7. The summed E-state index contributed by atoms with van der Waals surface area (Å²) in [4.78, 5) is 14.9. The van der Waals surface area contributed by atoms with E-state index >= 15 is 0 Å². The minimum atomic E-state index is -0.162. The molecule has 2 N–H and O–H groups in total. The molecule has 0 radical (unpaired) electrons. The molecule has 5 heteroatoms. The summed E-state index contributed by atoms with van der Waals surface area (Å²) >= 11 is 0. The normalized spacial score (nSPS) is 27.2. The fourth-order valence-corrected chi connectivity index (χ4v) is 3.23. The van der Waals surface area contributed by atoms with Gasteiger partial charge in [0, 0.05) is 19.6 Å². The molecular weight excluding hydrogens is 254 g/mol. The van der Waals surface area contributed by atoms with Gasteiger partial charge >= 0.3 is 0 Å². The van der Waals surface area contributed by atoms with Crippen LogP contribution in [-0.4, -0.2) is 62.8 Å². The van der Waals surface area contributed by atoms with Gasteiger partial charge in [0.15, 0.2) is 0 Å². The number of amides is 1. The van der Waals surface area contributed by atoms with E-state index in [0.717, 1.165) is 58.6 Å². The number of hydrogen-bond donors (Lipinski definition) is 2. The summed E-state index contributed by atoms with van der Waals surface area (Å²) < 4.78 is 5.75. The highest BCUT2D eigenvalue weighted by Crippen LogP contribution is 2.32. The van der Waals surface area contributed by atoms with Crippen molar-refractivity contribution < 1.29 is 9.53 Å². The van der Waals surface area contributed by atoms with Gasteiger partial charge < -0.3 is 15.4 Å². The third kappa shape index (κ3) is 3.71. The van der Waals surface area contributed by atoms with E-state index < -0.39 is 0 Å². The van der Waals surface area contributed by atoms with Gasteiger partial charge in [-0.25, -0.2) is 0 Å². The Morgan fingerprint density at radius 3 is 2.80 bits per heavy atom. The molecule has 0 saturated carbocycles. The zero-order valence-corrected chi connectivity index (χ0v) is 12.9. The Kier molecular flexibility index (Phi) is 5.81. The predicted molar refractivity (Wildman–Crippen MR) is 79.7 cm³/mol. The van der Waals surface area contributed by atoms with E-state index in [9.17, 15) is 4.79 Å². The molecule has 1 atom stereocenters. The molecule has 116 valence electrons. The Bertz CT molecular complexity index is 316. The highest BCUT2D eigenvalue weighted by atomic mass is 16.5. The van der Waals surface area contributed by atoms with Gasteiger partial charge in [0.25, 0.3) is 0 Å². The van der Waals surface area contributed by atoms with Gasteiger partial charge in [-0.2, -0.15) is 0 Å². The summed E-state index contributed by atoms with van der Waals surface area (Å²) in [6, 6.07) is 0. The predicted octanol–water partition coefficient (Wildman–Crippen LogP) is 0.603. The van der Waals surface area contributed by atoms with Crippen LogP contribution in [0.5, 0.6) is 0 Å². The SMILES string of the molecule is CCN1CCOC(CNC(=O)C2(CC)CCNCC2)C1.